The van der Waals surface area contributed by atoms with Crippen LogP contribution in [0.5, 0.6) is 0 Å². The Kier molecular flexibility index (Phi) is 3.12. The SMILES string of the molecule is C[C@H]1CC[C@H](c2ccc3cn(C)nc3c2)N(C(=O)O)C1. The Labute approximate surface area is 117 Å². The maximum absolute atomic E-state index is 11.5. The monoisotopic (exact) mass is 273 g/mol. The van der Waals surface area contributed by atoms with Gasteiger partial charge in [-0.25, -0.2) is 4.79 Å². The maximum Gasteiger partial charge on any atom is 0.407 e. The number of hydrogen-bond acceptors (Lipinski definition) is 2. The average molecular weight is 273 g/mol. The van der Waals surface area contributed by atoms with Gasteiger partial charge in [0.2, 0.25) is 0 Å². The van der Waals surface area contributed by atoms with Crippen LogP contribution in [-0.2, 0) is 7.05 Å². The van der Waals surface area contributed by atoms with Gasteiger partial charge in [-0.2, -0.15) is 5.10 Å². The second-order valence-electron chi connectivity index (χ2n) is 5.75. The molecule has 0 aliphatic carbocycles. The van der Waals surface area contributed by atoms with Crippen LogP contribution in [0.3, 0.4) is 0 Å². The first kappa shape index (κ1) is 13.0. The molecule has 1 fully saturated rings. The number of hydrogen-bond donors (Lipinski definition) is 1. The fourth-order valence-electron chi connectivity index (χ4n) is 3.07. The number of aromatic nitrogens is 2. The number of piperidine rings is 1. The van der Waals surface area contributed by atoms with Crippen molar-refractivity contribution < 1.29 is 9.90 Å². The van der Waals surface area contributed by atoms with E-state index in [0.29, 0.717) is 12.5 Å². The van der Waals surface area contributed by atoms with Gasteiger partial charge in [-0.1, -0.05) is 19.1 Å². The molecule has 0 saturated carbocycles. The van der Waals surface area contributed by atoms with E-state index < -0.39 is 6.09 Å². The van der Waals surface area contributed by atoms with Gasteiger partial charge < -0.3 is 10.0 Å². The summed E-state index contributed by atoms with van der Waals surface area (Å²) in [5.41, 5.74) is 1.97. The lowest BCUT2D eigenvalue weighted by Crippen LogP contribution is -2.40. The lowest BCUT2D eigenvalue weighted by molar-refractivity contribution is 0.0900. The number of fused-ring (bicyclic) bond motifs is 1. The second-order valence-corrected chi connectivity index (χ2v) is 5.75. The third-order valence-electron chi connectivity index (χ3n) is 4.09. The minimum Gasteiger partial charge on any atom is -0.465 e. The molecule has 1 N–H and O–H groups in total. The molecule has 0 bridgehead atoms. The molecule has 5 heteroatoms. The van der Waals surface area contributed by atoms with Crippen LogP contribution in [0.4, 0.5) is 4.79 Å². The Bertz CT molecular complexity index is 650. The number of nitrogens with zero attached hydrogens (tertiary/aromatic N) is 3. The number of benzene rings is 1. The molecule has 106 valence electrons. The summed E-state index contributed by atoms with van der Waals surface area (Å²) in [6, 6.07) is 6.03. The molecule has 1 aromatic carbocycles. The molecule has 1 aliphatic heterocycles. The Morgan fingerprint density at radius 3 is 2.95 bits per heavy atom. The molecule has 2 heterocycles. The summed E-state index contributed by atoms with van der Waals surface area (Å²) in [6.07, 6.45) is 3.08. The van der Waals surface area contributed by atoms with Crippen molar-refractivity contribution in [3.05, 3.63) is 30.0 Å². The lowest BCUT2D eigenvalue weighted by atomic mass is 9.90. The highest BCUT2D eigenvalue weighted by atomic mass is 16.4. The Hall–Kier alpha value is -2.04. The van der Waals surface area contributed by atoms with Gasteiger partial charge in [0.15, 0.2) is 0 Å². The van der Waals surface area contributed by atoms with Crippen LogP contribution in [0.2, 0.25) is 0 Å². The molecule has 1 aliphatic rings. The van der Waals surface area contributed by atoms with Crippen molar-refractivity contribution in [3.63, 3.8) is 0 Å². The standard InChI is InChI=1S/C15H19N3O2/c1-10-3-6-14(18(8-10)15(19)20)11-4-5-12-9-17(2)16-13(12)7-11/h4-5,7,9-10,14H,3,6,8H2,1-2H3,(H,19,20)/t10-,14+/m0/s1. The zero-order chi connectivity index (χ0) is 14.3. The normalized spacial score (nSPS) is 23.2. The molecular formula is C15H19N3O2. The summed E-state index contributed by atoms with van der Waals surface area (Å²) < 4.78 is 1.78. The molecular weight excluding hydrogens is 254 g/mol. The van der Waals surface area contributed by atoms with Gasteiger partial charge in [-0.3, -0.25) is 4.68 Å². The molecule has 1 aromatic heterocycles. The zero-order valence-electron chi connectivity index (χ0n) is 11.8. The van der Waals surface area contributed by atoms with E-state index in [1.54, 1.807) is 9.58 Å². The minimum absolute atomic E-state index is 0.0462. The van der Waals surface area contributed by atoms with E-state index in [1.807, 2.05) is 31.4 Å². The summed E-state index contributed by atoms with van der Waals surface area (Å²) in [5, 5.41) is 14.9. The molecule has 2 atom stereocenters. The number of likely N-dealkylation sites (tertiary alicyclic amines) is 1. The largest absolute Gasteiger partial charge is 0.465 e. The maximum atomic E-state index is 11.5. The summed E-state index contributed by atoms with van der Waals surface area (Å²) >= 11 is 0. The number of carbonyl (C=O) groups is 1. The number of amides is 1. The number of carboxylic acid groups (broad SMARTS) is 1. The molecule has 2 aromatic rings. The Morgan fingerprint density at radius 2 is 2.20 bits per heavy atom. The molecule has 1 amide bonds. The van der Waals surface area contributed by atoms with E-state index in [1.165, 1.54) is 0 Å². The third-order valence-corrected chi connectivity index (χ3v) is 4.09. The van der Waals surface area contributed by atoms with Gasteiger partial charge in [0.25, 0.3) is 0 Å². The van der Waals surface area contributed by atoms with Crippen LogP contribution in [-0.4, -0.2) is 32.4 Å². The quantitative estimate of drug-likeness (QED) is 0.868. The average Bonchev–Trinajstić information content (AvgIpc) is 2.77. The molecule has 20 heavy (non-hydrogen) atoms. The fraction of sp³-hybridized carbons (Fsp3) is 0.467. The highest BCUT2D eigenvalue weighted by Crippen LogP contribution is 2.34. The van der Waals surface area contributed by atoms with Gasteiger partial charge in [0.05, 0.1) is 11.6 Å². The van der Waals surface area contributed by atoms with E-state index in [9.17, 15) is 9.90 Å². The van der Waals surface area contributed by atoms with Crippen molar-refractivity contribution in [1.82, 2.24) is 14.7 Å². The van der Waals surface area contributed by atoms with Crippen LogP contribution in [0.15, 0.2) is 24.4 Å². The van der Waals surface area contributed by atoms with Crippen LogP contribution in [0.1, 0.15) is 31.4 Å². The summed E-state index contributed by atoms with van der Waals surface area (Å²) in [5.74, 6) is 0.431. The predicted octanol–water partition coefficient (Wildman–Crippen LogP) is 3.02. The highest BCUT2D eigenvalue weighted by Gasteiger charge is 2.30. The van der Waals surface area contributed by atoms with E-state index in [4.69, 9.17) is 0 Å². The van der Waals surface area contributed by atoms with E-state index in [2.05, 4.69) is 12.0 Å². The highest BCUT2D eigenvalue weighted by molar-refractivity contribution is 5.79. The number of rotatable bonds is 1. The second kappa shape index (κ2) is 4.81. The van der Waals surface area contributed by atoms with Crippen LogP contribution in [0.25, 0.3) is 10.9 Å². The van der Waals surface area contributed by atoms with Crippen LogP contribution >= 0.6 is 0 Å². The molecule has 5 nitrogen and oxygen atoms in total. The molecule has 0 unspecified atom stereocenters. The van der Waals surface area contributed by atoms with Crippen molar-refractivity contribution >= 4 is 17.0 Å². The van der Waals surface area contributed by atoms with Crippen molar-refractivity contribution in [2.24, 2.45) is 13.0 Å². The van der Waals surface area contributed by atoms with Crippen LogP contribution in [0, 0.1) is 5.92 Å². The first-order valence-electron chi connectivity index (χ1n) is 6.97. The lowest BCUT2D eigenvalue weighted by Gasteiger charge is -2.37. The fourth-order valence-corrected chi connectivity index (χ4v) is 3.07. The molecule has 0 spiro atoms. The smallest absolute Gasteiger partial charge is 0.407 e. The van der Waals surface area contributed by atoms with Crippen molar-refractivity contribution in [2.75, 3.05) is 6.54 Å². The topological polar surface area (TPSA) is 58.4 Å². The Morgan fingerprint density at radius 1 is 1.40 bits per heavy atom. The first-order chi connectivity index (χ1) is 9.54. The van der Waals surface area contributed by atoms with Gasteiger partial charge in [-0.15, -0.1) is 0 Å². The van der Waals surface area contributed by atoms with Gasteiger partial charge in [-0.05, 0) is 30.4 Å². The van der Waals surface area contributed by atoms with Gasteiger partial charge >= 0.3 is 6.09 Å². The summed E-state index contributed by atoms with van der Waals surface area (Å²) in [4.78, 5) is 13.0. The predicted molar refractivity (Wildman–Crippen MR) is 76.6 cm³/mol. The van der Waals surface area contributed by atoms with Crippen molar-refractivity contribution in [2.45, 2.75) is 25.8 Å². The Balaban J connectivity index is 1.97. The summed E-state index contributed by atoms with van der Waals surface area (Å²) in [6.45, 7) is 2.72. The van der Waals surface area contributed by atoms with Crippen molar-refractivity contribution in [1.29, 1.82) is 0 Å². The third kappa shape index (κ3) is 2.24. The van der Waals surface area contributed by atoms with Crippen molar-refractivity contribution in [3.8, 4) is 0 Å². The number of aryl methyl sites for hydroxylation is 1. The minimum atomic E-state index is -0.831. The molecule has 1 saturated heterocycles. The van der Waals surface area contributed by atoms with E-state index in [-0.39, 0.29) is 6.04 Å². The summed E-state index contributed by atoms with van der Waals surface area (Å²) in [7, 11) is 1.89. The van der Waals surface area contributed by atoms with Crippen LogP contribution < -0.4 is 0 Å². The first-order valence-corrected chi connectivity index (χ1v) is 6.97. The van der Waals surface area contributed by atoms with E-state index >= 15 is 0 Å². The molecule has 0 radical (unpaired) electrons. The van der Waals surface area contributed by atoms with Gasteiger partial charge in [0.1, 0.15) is 0 Å². The zero-order valence-corrected chi connectivity index (χ0v) is 11.8. The van der Waals surface area contributed by atoms with Gasteiger partial charge in [0, 0.05) is 25.2 Å². The molecule has 3 rings (SSSR count). The van der Waals surface area contributed by atoms with E-state index in [0.717, 1.165) is 29.3 Å².